The molecule has 0 fully saturated rings. The second-order valence-corrected chi connectivity index (χ2v) is 4.71. The Labute approximate surface area is 103 Å². The minimum atomic E-state index is 0.805. The summed E-state index contributed by atoms with van der Waals surface area (Å²) in [6.07, 6.45) is 10.6. The fourth-order valence-electron chi connectivity index (χ4n) is 2.12. The number of nitrogens with one attached hydrogen (secondary N) is 1. The first kappa shape index (κ1) is 12.0. The number of nitrogen functional groups attached to an aromatic ring is 1. The molecule has 3 N–H and O–H groups in total. The average molecular weight is 231 g/mol. The molecule has 0 radical (unpaired) electrons. The van der Waals surface area contributed by atoms with Crippen molar-refractivity contribution in [3.8, 4) is 0 Å². The summed E-state index contributed by atoms with van der Waals surface area (Å²) in [6, 6.07) is 1.91. The molecule has 1 heterocycles. The molecule has 1 aliphatic carbocycles. The lowest BCUT2D eigenvalue weighted by Gasteiger charge is -2.13. The molecule has 0 amide bonds. The summed E-state index contributed by atoms with van der Waals surface area (Å²) in [5.41, 5.74) is 9.27. The molecule has 1 aromatic heterocycles. The maximum atomic E-state index is 5.84. The molecule has 0 aromatic carbocycles. The number of aromatic nitrogens is 1. The Hall–Kier alpha value is -1.51. The number of rotatable bonds is 4. The number of nitrogens with zero attached hydrogens (tertiary/aromatic N) is 1. The van der Waals surface area contributed by atoms with Crippen LogP contribution in [0.15, 0.2) is 23.9 Å². The van der Waals surface area contributed by atoms with Gasteiger partial charge in [0.05, 0.1) is 0 Å². The van der Waals surface area contributed by atoms with E-state index in [1.165, 1.54) is 25.7 Å². The van der Waals surface area contributed by atoms with E-state index in [9.17, 15) is 0 Å². The van der Waals surface area contributed by atoms with Crippen LogP contribution in [0.1, 0.15) is 37.7 Å². The van der Waals surface area contributed by atoms with E-state index in [2.05, 4.69) is 16.4 Å². The minimum Gasteiger partial charge on any atom is -0.398 e. The lowest BCUT2D eigenvalue weighted by molar-refractivity contribution is 0.679. The topological polar surface area (TPSA) is 50.9 Å². The van der Waals surface area contributed by atoms with Crippen molar-refractivity contribution in [2.75, 3.05) is 17.6 Å². The van der Waals surface area contributed by atoms with Crippen LogP contribution in [0.5, 0.6) is 0 Å². The third-order valence-corrected chi connectivity index (χ3v) is 3.28. The van der Waals surface area contributed by atoms with Gasteiger partial charge in [0, 0.05) is 24.5 Å². The quantitative estimate of drug-likeness (QED) is 0.782. The van der Waals surface area contributed by atoms with Crippen LogP contribution in [0.25, 0.3) is 0 Å². The van der Waals surface area contributed by atoms with E-state index in [-0.39, 0.29) is 0 Å². The summed E-state index contributed by atoms with van der Waals surface area (Å²) in [7, 11) is 0. The molecule has 0 atom stereocenters. The third kappa shape index (κ3) is 3.48. The number of hydrogen-bond acceptors (Lipinski definition) is 3. The summed E-state index contributed by atoms with van der Waals surface area (Å²) in [6.45, 7) is 2.92. The minimum absolute atomic E-state index is 0.805. The van der Waals surface area contributed by atoms with Crippen molar-refractivity contribution in [1.82, 2.24) is 4.98 Å². The number of aryl methyl sites for hydroxylation is 1. The highest BCUT2D eigenvalue weighted by atomic mass is 15.0. The van der Waals surface area contributed by atoms with Gasteiger partial charge >= 0.3 is 0 Å². The summed E-state index contributed by atoms with van der Waals surface area (Å²) >= 11 is 0. The van der Waals surface area contributed by atoms with Crippen LogP contribution in [0.3, 0.4) is 0 Å². The predicted octanol–water partition coefficient (Wildman–Crippen LogP) is 3.27. The van der Waals surface area contributed by atoms with Gasteiger partial charge in [-0.15, -0.1) is 0 Å². The van der Waals surface area contributed by atoms with Gasteiger partial charge in [-0.1, -0.05) is 11.6 Å². The molecule has 0 unspecified atom stereocenters. The second kappa shape index (κ2) is 5.71. The van der Waals surface area contributed by atoms with Gasteiger partial charge in [0.2, 0.25) is 0 Å². The number of nitrogens with two attached hydrogens (primary N) is 1. The molecule has 0 saturated carbocycles. The Morgan fingerprint density at radius 1 is 1.41 bits per heavy atom. The van der Waals surface area contributed by atoms with Crippen molar-refractivity contribution in [1.29, 1.82) is 0 Å². The first-order chi connectivity index (χ1) is 8.25. The highest BCUT2D eigenvalue weighted by Crippen LogP contribution is 2.20. The summed E-state index contributed by atoms with van der Waals surface area (Å²) in [5.74, 6) is 0.879. The van der Waals surface area contributed by atoms with E-state index in [1.807, 2.05) is 19.2 Å². The van der Waals surface area contributed by atoms with Crippen LogP contribution >= 0.6 is 0 Å². The van der Waals surface area contributed by atoms with Gasteiger partial charge in [-0.05, 0) is 44.6 Å². The van der Waals surface area contributed by atoms with Gasteiger partial charge < -0.3 is 11.1 Å². The van der Waals surface area contributed by atoms with Crippen LogP contribution < -0.4 is 11.1 Å². The fourth-order valence-corrected chi connectivity index (χ4v) is 2.12. The van der Waals surface area contributed by atoms with Crippen molar-refractivity contribution in [3.63, 3.8) is 0 Å². The van der Waals surface area contributed by atoms with Crippen LogP contribution in [0.2, 0.25) is 0 Å². The van der Waals surface area contributed by atoms with E-state index in [0.29, 0.717) is 0 Å². The normalized spacial score (nSPS) is 15.5. The van der Waals surface area contributed by atoms with Crippen molar-refractivity contribution in [3.05, 3.63) is 29.5 Å². The zero-order valence-electron chi connectivity index (χ0n) is 10.5. The Morgan fingerprint density at radius 3 is 3.00 bits per heavy atom. The Balaban J connectivity index is 1.81. The maximum absolute atomic E-state index is 5.84. The highest BCUT2D eigenvalue weighted by Gasteiger charge is 2.03. The number of pyridine rings is 1. The number of allylic oxidation sites excluding steroid dienone is 1. The first-order valence-corrected chi connectivity index (χ1v) is 6.39. The van der Waals surface area contributed by atoms with Crippen molar-refractivity contribution in [2.24, 2.45) is 0 Å². The Morgan fingerprint density at radius 2 is 2.29 bits per heavy atom. The van der Waals surface area contributed by atoms with Crippen molar-refractivity contribution >= 4 is 11.5 Å². The van der Waals surface area contributed by atoms with Gasteiger partial charge in [0.1, 0.15) is 5.82 Å². The van der Waals surface area contributed by atoms with E-state index in [1.54, 1.807) is 5.57 Å². The smallest absolute Gasteiger partial charge is 0.127 e. The molecule has 1 aliphatic rings. The second-order valence-electron chi connectivity index (χ2n) is 4.71. The van der Waals surface area contributed by atoms with E-state index >= 15 is 0 Å². The highest BCUT2D eigenvalue weighted by molar-refractivity contribution is 5.53. The Bertz CT molecular complexity index is 410. The standard InChI is InChI=1S/C14H21N3/c1-11-10-17-14(9-13(11)15)16-8-7-12-5-3-2-4-6-12/h5,9-10H,2-4,6-8H2,1H3,(H3,15,16,17). The summed E-state index contributed by atoms with van der Waals surface area (Å²) < 4.78 is 0. The van der Waals surface area contributed by atoms with Gasteiger partial charge in [0.15, 0.2) is 0 Å². The predicted molar refractivity (Wildman–Crippen MR) is 73.0 cm³/mol. The number of anilines is 2. The largest absolute Gasteiger partial charge is 0.398 e. The molecule has 0 bridgehead atoms. The molecule has 3 heteroatoms. The van der Waals surface area contributed by atoms with E-state index in [0.717, 1.165) is 30.0 Å². The number of hydrogen-bond donors (Lipinski definition) is 2. The maximum Gasteiger partial charge on any atom is 0.127 e. The molecule has 2 rings (SSSR count). The van der Waals surface area contributed by atoms with Crippen LogP contribution in [-0.2, 0) is 0 Å². The molecule has 0 aliphatic heterocycles. The lowest BCUT2D eigenvalue weighted by Crippen LogP contribution is -2.06. The Kier molecular flexibility index (Phi) is 4.02. The molecule has 3 nitrogen and oxygen atoms in total. The fraction of sp³-hybridized carbons (Fsp3) is 0.500. The van der Waals surface area contributed by atoms with Gasteiger partial charge in [-0.25, -0.2) is 4.98 Å². The lowest BCUT2D eigenvalue weighted by atomic mass is 9.97. The zero-order chi connectivity index (χ0) is 12.1. The first-order valence-electron chi connectivity index (χ1n) is 6.39. The molecule has 17 heavy (non-hydrogen) atoms. The van der Waals surface area contributed by atoms with Crippen molar-refractivity contribution < 1.29 is 0 Å². The molecular formula is C14H21N3. The van der Waals surface area contributed by atoms with E-state index in [4.69, 9.17) is 5.73 Å². The molecule has 0 spiro atoms. The van der Waals surface area contributed by atoms with Crippen molar-refractivity contribution in [2.45, 2.75) is 39.0 Å². The zero-order valence-corrected chi connectivity index (χ0v) is 10.5. The monoisotopic (exact) mass is 231 g/mol. The van der Waals surface area contributed by atoms with Crippen LogP contribution in [0.4, 0.5) is 11.5 Å². The van der Waals surface area contributed by atoms with Crippen LogP contribution in [-0.4, -0.2) is 11.5 Å². The third-order valence-electron chi connectivity index (χ3n) is 3.28. The SMILES string of the molecule is Cc1cnc(NCCC2=CCCCC2)cc1N. The summed E-state index contributed by atoms with van der Waals surface area (Å²) in [5, 5.41) is 3.33. The molecular weight excluding hydrogens is 210 g/mol. The average Bonchev–Trinajstić information content (AvgIpc) is 2.35. The van der Waals surface area contributed by atoms with Gasteiger partial charge in [-0.2, -0.15) is 0 Å². The molecule has 1 aromatic rings. The molecule has 92 valence electrons. The van der Waals surface area contributed by atoms with Gasteiger partial charge in [-0.3, -0.25) is 0 Å². The summed E-state index contributed by atoms with van der Waals surface area (Å²) in [4.78, 5) is 4.31. The van der Waals surface area contributed by atoms with Crippen LogP contribution in [0, 0.1) is 6.92 Å². The molecule has 0 saturated heterocycles. The van der Waals surface area contributed by atoms with Gasteiger partial charge in [0.25, 0.3) is 0 Å². The van der Waals surface area contributed by atoms with E-state index < -0.39 is 0 Å².